The zero-order chi connectivity index (χ0) is 18.0. The molecule has 25 heavy (non-hydrogen) atoms. The Bertz CT molecular complexity index is 1010. The normalized spacial score (nSPS) is 11.4. The number of hydrogen-bond donors (Lipinski definition) is 1. The maximum atomic E-state index is 11.6. The van der Waals surface area contributed by atoms with Crippen molar-refractivity contribution in [2.75, 3.05) is 6.26 Å². The van der Waals surface area contributed by atoms with Gasteiger partial charge in [0.15, 0.2) is 15.6 Å². The minimum Gasteiger partial charge on any atom is -0.481 e. The molecule has 1 N–H and O–H groups in total. The number of rotatable bonds is 5. The Hall–Kier alpha value is -2.93. The highest BCUT2D eigenvalue weighted by Crippen LogP contribution is 2.33. The Morgan fingerprint density at radius 2 is 1.68 bits per heavy atom. The molecule has 128 valence electrons. The van der Waals surface area contributed by atoms with E-state index in [-0.39, 0.29) is 17.2 Å². The molecule has 0 fully saturated rings. The maximum Gasteiger partial charge on any atom is 0.312 e. The predicted molar refractivity (Wildman–Crippen MR) is 91.8 cm³/mol. The SMILES string of the molecule is CS(=O)(=O)c1ccc(-c2nc(CC(=O)O)oc2-c2ccccc2)cc1. The highest BCUT2D eigenvalue weighted by atomic mass is 32.2. The average Bonchev–Trinajstić information content (AvgIpc) is 2.98. The molecule has 0 bridgehead atoms. The smallest absolute Gasteiger partial charge is 0.312 e. The Morgan fingerprint density at radius 3 is 2.24 bits per heavy atom. The molecule has 0 aliphatic heterocycles. The van der Waals surface area contributed by atoms with E-state index in [0.29, 0.717) is 17.0 Å². The summed E-state index contributed by atoms with van der Waals surface area (Å²) in [6, 6.07) is 15.4. The van der Waals surface area contributed by atoms with Crippen LogP contribution in [-0.4, -0.2) is 30.7 Å². The molecule has 0 unspecified atom stereocenters. The van der Waals surface area contributed by atoms with Gasteiger partial charge < -0.3 is 9.52 Å². The highest BCUT2D eigenvalue weighted by Gasteiger charge is 2.19. The predicted octanol–water partition coefficient (Wildman–Crippen LogP) is 3.04. The number of nitrogens with zero attached hydrogens (tertiary/aromatic N) is 1. The molecule has 1 aromatic heterocycles. The van der Waals surface area contributed by atoms with Crippen molar-refractivity contribution in [2.24, 2.45) is 0 Å². The summed E-state index contributed by atoms with van der Waals surface area (Å²) in [7, 11) is -3.30. The first-order chi connectivity index (χ1) is 11.8. The van der Waals surface area contributed by atoms with E-state index in [4.69, 9.17) is 9.52 Å². The number of carbonyl (C=O) groups is 1. The van der Waals surface area contributed by atoms with Crippen molar-refractivity contribution in [2.45, 2.75) is 11.3 Å². The fraction of sp³-hybridized carbons (Fsp3) is 0.111. The second-order valence-electron chi connectivity index (χ2n) is 5.52. The first-order valence-electron chi connectivity index (χ1n) is 7.42. The van der Waals surface area contributed by atoms with Crippen molar-refractivity contribution in [3.05, 3.63) is 60.5 Å². The molecule has 0 aliphatic carbocycles. The van der Waals surface area contributed by atoms with Crippen molar-refractivity contribution < 1.29 is 22.7 Å². The van der Waals surface area contributed by atoms with Crippen LogP contribution in [0.5, 0.6) is 0 Å². The van der Waals surface area contributed by atoms with Crippen molar-refractivity contribution in [3.63, 3.8) is 0 Å². The van der Waals surface area contributed by atoms with Crippen LogP contribution in [0.1, 0.15) is 5.89 Å². The van der Waals surface area contributed by atoms with Gasteiger partial charge in [-0.05, 0) is 12.1 Å². The standard InChI is InChI=1S/C18H15NO5S/c1-25(22,23)14-9-7-12(8-10-14)17-18(13-5-3-2-4-6-13)24-15(19-17)11-16(20)21/h2-10H,11H2,1H3,(H,20,21). The van der Waals surface area contributed by atoms with Crippen LogP contribution in [0.25, 0.3) is 22.6 Å². The van der Waals surface area contributed by atoms with Gasteiger partial charge in [-0.2, -0.15) is 0 Å². The molecule has 1 heterocycles. The molecule has 0 atom stereocenters. The minimum absolute atomic E-state index is 0.0912. The number of hydrogen-bond acceptors (Lipinski definition) is 5. The fourth-order valence-electron chi connectivity index (χ4n) is 2.41. The van der Waals surface area contributed by atoms with Gasteiger partial charge in [-0.15, -0.1) is 0 Å². The quantitative estimate of drug-likeness (QED) is 0.754. The number of aliphatic carboxylic acids is 1. The maximum absolute atomic E-state index is 11.6. The number of aromatic nitrogens is 1. The third-order valence-corrected chi connectivity index (χ3v) is 4.69. The lowest BCUT2D eigenvalue weighted by Crippen LogP contribution is -2.00. The third-order valence-electron chi connectivity index (χ3n) is 3.57. The van der Waals surface area contributed by atoms with Crippen molar-refractivity contribution in [1.29, 1.82) is 0 Å². The lowest BCUT2D eigenvalue weighted by atomic mass is 10.1. The molecule has 0 radical (unpaired) electrons. The van der Waals surface area contributed by atoms with Gasteiger partial charge in [-0.1, -0.05) is 42.5 Å². The molecule has 6 nitrogen and oxygen atoms in total. The van der Waals surface area contributed by atoms with E-state index in [0.717, 1.165) is 11.8 Å². The summed E-state index contributed by atoms with van der Waals surface area (Å²) in [6.45, 7) is 0. The van der Waals surface area contributed by atoms with E-state index < -0.39 is 15.8 Å². The van der Waals surface area contributed by atoms with E-state index in [2.05, 4.69) is 4.98 Å². The van der Waals surface area contributed by atoms with E-state index in [1.54, 1.807) is 12.1 Å². The van der Waals surface area contributed by atoms with Crippen LogP contribution < -0.4 is 0 Å². The summed E-state index contributed by atoms with van der Waals surface area (Å²) in [5.74, 6) is -0.502. The van der Waals surface area contributed by atoms with Crippen LogP contribution in [-0.2, 0) is 21.1 Å². The van der Waals surface area contributed by atoms with Crippen molar-refractivity contribution >= 4 is 15.8 Å². The number of benzene rings is 2. The number of carboxylic acid groups (broad SMARTS) is 1. The largest absolute Gasteiger partial charge is 0.481 e. The van der Waals surface area contributed by atoms with Gasteiger partial charge in [0.1, 0.15) is 12.1 Å². The van der Waals surface area contributed by atoms with Gasteiger partial charge in [0, 0.05) is 17.4 Å². The van der Waals surface area contributed by atoms with Crippen molar-refractivity contribution in [1.82, 2.24) is 4.98 Å². The van der Waals surface area contributed by atoms with E-state index in [1.165, 1.54) is 12.1 Å². The van der Waals surface area contributed by atoms with Crippen LogP contribution >= 0.6 is 0 Å². The zero-order valence-corrected chi connectivity index (χ0v) is 14.2. The summed E-state index contributed by atoms with van der Waals surface area (Å²) in [5.41, 5.74) is 1.88. The molecule has 0 saturated heterocycles. The number of sulfone groups is 1. The molecule has 0 saturated carbocycles. The molecular formula is C18H15NO5S. The topological polar surface area (TPSA) is 97.5 Å². The number of oxazole rings is 1. The Labute approximate surface area is 144 Å². The van der Waals surface area contributed by atoms with Gasteiger partial charge in [-0.25, -0.2) is 13.4 Å². The molecular weight excluding hydrogens is 342 g/mol. The van der Waals surface area contributed by atoms with Crippen LogP contribution in [0.15, 0.2) is 63.9 Å². The molecule has 3 aromatic rings. The molecule has 0 spiro atoms. The van der Waals surface area contributed by atoms with Gasteiger partial charge in [0.25, 0.3) is 0 Å². The monoisotopic (exact) mass is 357 g/mol. The van der Waals surface area contributed by atoms with Crippen LogP contribution in [0.2, 0.25) is 0 Å². The Morgan fingerprint density at radius 1 is 1.04 bits per heavy atom. The summed E-state index contributed by atoms with van der Waals surface area (Å²) in [6.07, 6.45) is 0.805. The molecule has 0 amide bonds. The van der Waals surface area contributed by atoms with Crippen LogP contribution in [0, 0.1) is 0 Å². The Kier molecular flexibility index (Phi) is 4.41. The minimum atomic E-state index is -3.30. The summed E-state index contributed by atoms with van der Waals surface area (Å²) < 4.78 is 28.8. The van der Waals surface area contributed by atoms with Crippen LogP contribution in [0.4, 0.5) is 0 Å². The van der Waals surface area contributed by atoms with E-state index >= 15 is 0 Å². The average molecular weight is 357 g/mol. The second-order valence-corrected chi connectivity index (χ2v) is 7.53. The van der Waals surface area contributed by atoms with Crippen LogP contribution in [0.3, 0.4) is 0 Å². The summed E-state index contributed by atoms with van der Waals surface area (Å²) in [4.78, 5) is 15.4. The van der Waals surface area contributed by atoms with Gasteiger partial charge in [0.2, 0.25) is 5.89 Å². The third kappa shape index (κ3) is 3.77. The summed E-state index contributed by atoms with van der Waals surface area (Å²) >= 11 is 0. The highest BCUT2D eigenvalue weighted by molar-refractivity contribution is 7.90. The number of carboxylic acids is 1. The summed E-state index contributed by atoms with van der Waals surface area (Å²) in [5, 5.41) is 8.97. The first kappa shape index (κ1) is 16.9. The Balaban J connectivity index is 2.11. The van der Waals surface area contributed by atoms with Gasteiger partial charge in [0.05, 0.1) is 4.90 Å². The fourth-order valence-corrected chi connectivity index (χ4v) is 3.04. The lowest BCUT2D eigenvalue weighted by Gasteiger charge is -2.03. The lowest BCUT2D eigenvalue weighted by molar-refractivity contribution is -0.136. The van der Waals surface area contributed by atoms with E-state index in [1.807, 2.05) is 30.3 Å². The van der Waals surface area contributed by atoms with Gasteiger partial charge >= 0.3 is 5.97 Å². The molecule has 7 heteroatoms. The first-order valence-corrected chi connectivity index (χ1v) is 9.31. The molecule has 0 aliphatic rings. The molecule has 3 rings (SSSR count). The van der Waals surface area contributed by atoms with Gasteiger partial charge in [-0.3, -0.25) is 4.79 Å². The zero-order valence-electron chi connectivity index (χ0n) is 13.3. The van der Waals surface area contributed by atoms with Crippen molar-refractivity contribution in [3.8, 4) is 22.6 Å². The van der Waals surface area contributed by atoms with E-state index in [9.17, 15) is 13.2 Å². The second kappa shape index (κ2) is 6.52. The molecule has 2 aromatic carbocycles.